The molecule has 1 saturated heterocycles. The van der Waals surface area contributed by atoms with E-state index in [2.05, 4.69) is 36.5 Å². The summed E-state index contributed by atoms with van der Waals surface area (Å²) >= 11 is 0. The fourth-order valence-corrected chi connectivity index (χ4v) is 4.26. The van der Waals surface area contributed by atoms with E-state index in [4.69, 9.17) is 0 Å². The Morgan fingerprint density at radius 3 is 2.00 bits per heavy atom. The van der Waals surface area contributed by atoms with E-state index < -0.39 is 5.60 Å². The van der Waals surface area contributed by atoms with Crippen LogP contribution in [0.5, 0.6) is 0 Å². The molecule has 2 nitrogen and oxygen atoms in total. The number of benzene rings is 3. The first-order valence-electron chi connectivity index (χ1n) is 9.42. The number of hydrogen-bond acceptors (Lipinski definition) is 2. The zero-order valence-corrected chi connectivity index (χ0v) is 15.3. The minimum absolute atomic E-state index is 0.00246. The molecule has 1 aliphatic rings. The third-order valence-electron chi connectivity index (χ3n) is 5.85. The van der Waals surface area contributed by atoms with Gasteiger partial charge in [-0.2, -0.15) is 0 Å². The highest BCUT2D eigenvalue weighted by molar-refractivity contribution is 5.32. The molecule has 27 heavy (non-hydrogen) atoms. The Morgan fingerprint density at radius 1 is 0.852 bits per heavy atom. The van der Waals surface area contributed by atoms with Crippen molar-refractivity contribution in [3.63, 3.8) is 0 Å². The van der Waals surface area contributed by atoms with Gasteiger partial charge < -0.3 is 10.4 Å². The molecule has 0 unspecified atom stereocenters. The van der Waals surface area contributed by atoms with Crippen LogP contribution in [-0.2, 0) is 5.60 Å². The SMILES string of the molecule is C[C@H]1[C@@H](c2ccccc2)N[C@H](c2ccccc2)C[C@]1(O)c1ccc(F)cc1. The average molecular weight is 361 g/mol. The van der Waals surface area contributed by atoms with Crippen molar-refractivity contribution in [2.24, 2.45) is 5.92 Å². The minimum Gasteiger partial charge on any atom is -0.385 e. The molecule has 3 aromatic carbocycles. The second kappa shape index (κ2) is 7.26. The van der Waals surface area contributed by atoms with Gasteiger partial charge in [-0.25, -0.2) is 4.39 Å². The van der Waals surface area contributed by atoms with Crippen LogP contribution >= 0.6 is 0 Å². The van der Waals surface area contributed by atoms with Gasteiger partial charge in [0, 0.05) is 24.4 Å². The van der Waals surface area contributed by atoms with Gasteiger partial charge in [-0.3, -0.25) is 0 Å². The monoisotopic (exact) mass is 361 g/mol. The van der Waals surface area contributed by atoms with Gasteiger partial charge in [-0.15, -0.1) is 0 Å². The van der Waals surface area contributed by atoms with Crippen LogP contribution in [0.2, 0.25) is 0 Å². The van der Waals surface area contributed by atoms with Crippen molar-refractivity contribution in [3.05, 3.63) is 107 Å². The van der Waals surface area contributed by atoms with Gasteiger partial charge in [-0.1, -0.05) is 79.7 Å². The zero-order chi connectivity index (χ0) is 18.9. The molecule has 3 aromatic rings. The minimum atomic E-state index is -1.06. The second-order valence-corrected chi connectivity index (χ2v) is 7.44. The van der Waals surface area contributed by atoms with Crippen molar-refractivity contribution in [1.82, 2.24) is 5.32 Å². The summed E-state index contributed by atoms with van der Waals surface area (Å²) in [6, 6.07) is 26.7. The Balaban J connectivity index is 1.78. The molecule has 0 aliphatic carbocycles. The Bertz CT molecular complexity index is 881. The third kappa shape index (κ3) is 3.41. The van der Waals surface area contributed by atoms with Crippen molar-refractivity contribution in [2.45, 2.75) is 31.0 Å². The van der Waals surface area contributed by atoms with Crippen LogP contribution < -0.4 is 5.32 Å². The number of nitrogens with one attached hydrogen (secondary N) is 1. The maximum Gasteiger partial charge on any atom is 0.123 e. The normalized spacial score (nSPS) is 28.0. The van der Waals surface area contributed by atoms with Gasteiger partial charge in [0.2, 0.25) is 0 Å². The van der Waals surface area contributed by atoms with Crippen molar-refractivity contribution < 1.29 is 9.50 Å². The first-order chi connectivity index (χ1) is 13.1. The van der Waals surface area contributed by atoms with E-state index >= 15 is 0 Å². The summed E-state index contributed by atoms with van der Waals surface area (Å²) in [5.41, 5.74) is 2.00. The number of aliphatic hydroxyl groups is 1. The molecule has 4 atom stereocenters. The molecule has 3 heteroatoms. The van der Waals surface area contributed by atoms with E-state index in [0.717, 1.165) is 16.7 Å². The van der Waals surface area contributed by atoms with Crippen molar-refractivity contribution >= 4 is 0 Å². The van der Waals surface area contributed by atoms with Crippen molar-refractivity contribution in [3.8, 4) is 0 Å². The summed E-state index contributed by atoms with van der Waals surface area (Å²) in [5.74, 6) is -0.367. The van der Waals surface area contributed by atoms with E-state index in [1.54, 1.807) is 12.1 Å². The van der Waals surface area contributed by atoms with E-state index in [-0.39, 0.29) is 23.8 Å². The lowest BCUT2D eigenvalue weighted by atomic mass is 9.69. The zero-order valence-electron chi connectivity index (χ0n) is 15.3. The van der Waals surface area contributed by atoms with Gasteiger partial charge >= 0.3 is 0 Å². The summed E-state index contributed by atoms with van der Waals surface area (Å²) in [5, 5.41) is 15.5. The molecule has 1 fully saturated rings. The lowest BCUT2D eigenvalue weighted by Crippen LogP contribution is -2.50. The second-order valence-electron chi connectivity index (χ2n) is 7.44. The molecule has 0 spiro atoms. The molecule has 0 aromatic heterocycles. The van der Waals surface area contributed by atoms with Crippen LogP contribution in [0.4, 0.5) is 4.39 Å². The van der Waals surface area contributed by atoms with E-state index in [9.17, 15) is 9.50 Å². The molecule has 2 N–H and O–H groups in total. The Morgan fingerprint density at radius 2 is 1.41 bits per heavy atom. The van der Waals surface area contributed by atoms with Gasteiger partial charge in [0.05, 0.1) is 5.60 Å². The highest BCUT2D eigenvalue weighted by Crippen LogP contribution is 2.48. The lowest BCUT2D eigenvalue weighted by Gasteiger charge is -2.48. The molecule has 0 amide bonds. The molecule has 0 radical (unpaired) electrons. The fraction of sp³-hybridized carbons (Fsp3) is 0.250. The lowest BCUT2D eigenvalue weighted by molar-refractivity contribution is -0.0743. The molecule has 138 valence electrons. The molecule has 4 rings (SSSR count). The summed E-state index contributed by atoms with van der Waals surface area (Å²) in [4.78, 5) is 0. The van der Waals surface area contributed by atoms with Gasteiger partial charge in [0.15, 0.2) is 0 Å². The Kier molecular flexibility index (Phi) is 4.81. The number of halogens is 1. The van der Waals surface area contributed by atoms with Gasteiger partial charge in [-0.05, 0) is 28.8 Å². The molecule has 1 aliphatic heterocycles. The summed E-state index contributed by atoms with van der Waals surface area (Å²) in [6.07, 6.45) is 0.535. The quantitative estimate of drug-likeness (QED) is 0.678. The highest BCUT2D eigenvalue weighted by Gasteiger charge is 2.47. The smallest absolute Gasteiger partial charge is 0.123 e. The van der Waals surface area contributed by atoms with Crippen LogP contribution in [0.15, 0.2) is 84.9 Å². The Labute approximate surface area is 159 Å². The molecule has 0 bridgehead atoms. The average Bonchev–Trinajstić information content (AvgIpc) is 2.72. The maximum atomic E-state index is 13.5. The third-order valence-corrected chi connectivity index (χ3v) is 5.85. The van der Waals surface area contributed by atoms with Crippen molar-refractivity contribution in [2.75, 3.05) is 0 Å². The van der Waals surface area contributed by atoms with Crippen LogP contribution in [0, 0.1) is 11.7 Å². The van der Waals surface area contributed by atoms with Crippen LogP contribution in [0.1, 0.15) is 42.1 Å². The van der Waals surface area contributed by atoms with Crippen LogP contribution in [0.3, 0.4) is 0 Å². The molecular weight excluding hydrogens is 337 g/mol. The maximum absolute atomic E-state index is 13.5. The van der Waals surface area contributed by atoms with Gasteiger partial charge in [0.1, 0.15) is 5.82 Å². The summed E-state index contributed by atoms with van der Waals surface area (Å²) in [6.45, 7) is 2.06. The first-order valence-corrected chi connectivity index (χ1v) is 9.42. The topological polar surface area (TPSA) is 32.3 Å². The number of hydrogen-bond donors (Lipinski definition) is 2. The predicted molar refractivity (Wildman–Crippen MR) is 106 cm³/mol. The van der Waals surface area contributed by atoms with E-state index in [1.807, 2.05) is 36.4 Å². The largest absolute Gasteiger partial charge is 0.385 e. The number of rotatable bonds is 3. The van der Waals surface area contributed by atoms with E-state index in [1.165, 1.54) is 12.1 Å². The Hall–Kier alpha value is -2.49. The highest BCUT2D eigenvalue weighted by atomic mass is 19.1. The predicted octanol–water partition coefficient (Wildman–Crippen LogP) is 5.13. The molecule has 0 saturated carbocycles. The van der Waals surface area contributed by atoms with Crippen LogP contribution in [-0.4, -0.2) is 5.11 Å². The fourth-order valence-electron chi connectivity index (χ4n) is 4.26. The first kappa shape index (κ1) is 17.9. The van der Waals surface area contributed by atoms with Crippen molar-refractivity contribution in [1.29, 1.82) is 0 Å². The van der Waals surface area contributed by atoms with Gasteiger partial charge in [0.25, 0.3) is 0 Å². The number of piperidine rings is 1. The summed E-state index contributed by atoms with van der Waals surface area (Å²) in [7, 11) is 0. The standard InChI is InChI=1S/C24H24FNO/c1-17-23(19-10-6-3-7-11-19)26-22(18-8-4-2-5-9-18)16-24(17,27)20-12-14-21(25)15-13-20/h2-15,17,22-23,26-27H,16H2,1H3/t17-,22-,23-,24+/m0/s1. The van der Waals surface area contributed by atoms with E-state index in [0.29, 0.717) is 6.42 Å². The molecular formula is C24H24FNO. The van der Waals surface area contributed by atoms with Crippen LogP contribution in [0.25, 0.3) is 0 Å². The molecule has 1 heterocycles. The summed E-state index contributed by atoms with van der Waals surface area (Å²) < 4.78 is 13.5.